The predicted octanol–water partition coefficient (Wildman–Crippen LogP) is -0.778. The summed E-state index contributed by atoms with van der Waals surface area (Å²) < 4.78 is 0. The quantitative estimate of drug-likeness (QED) is 0.332. The summed E-state index contributed by atoms with van der Waals surface area (Å²) in [6.07, 6.45) is 0. The van der Waals surface area contributed by atoms with Gasteiger partial charge in [-0.3, -0.25) is 5.32 Å². The van der Waals surface area contributed by atoms with Gasteiger partial charge in [-0.25, -0.2) is 0 Å². The molecule has 0 bridgehead atoms. The van der Waals surface area contributed by atoms with Gasteiger partial charge in [0.15, 0.2) is 6.67 Å². The summed E-state index contributed by atoms with van der Waals surface area (Å²) in [5.41, 5.74) is 0. The van der Waals surface area contributed by atoms with Crippen molar-refractivity contribution >= 4 is 5.84 Å². The van der Waals surface area contributed by atoms with Crippen molar-refractivity contribution in [1.82, 2.24) is 5.32 Å². The number of nitrogens with zero attached hydrogens (tertiary/aromatic N) is 2. The van der Waals surface area contributed by atoms with Crippen molar-refractivity contribution in [3.63, 3.8) is 0 Å². The molecule has 5 heteroatoms. The van der Waals surface area contributed by atoms with Gasteiger partial charge in [-0.05, 0) is 4.92 Å². The molecule has 0 radical (unpaired) electrons. The molecule has 5 nitrogen and oxygen atoms in total. The summed E-state index contributed by atoms with van der Waals surface area (Å²) in [6.45, 7) is 0.684. The first-order valence-electron chi connectivity index (χ1n) is 2.19. The van der Waals surface area contributed by atoms with E-state index in [2.05, 4.69) is 10.3 Å². The van der Waals surface area contributed by atoms with Crippen LogP contribution in [0.15, 0.2) is 4.99 Å². The lowest BCUT2D eigenvalue weighted by Gasteiger charge is -1.86. The SMILES string of the molecule is O=[N+]([O-])C1=NCNC1. The molecule has 0 aromatic rings. The summed E-state index contributed by atoms with van der Waals surface area (Å²) in [6, 6.07) is 0. The molecule has 0 aliphatic carbocycles. The maximum Gasteiger partial charge on any atom is 0.348 e. The molecule has 0 fully saturated rings. The lowest BCUT2D eigenvalue weighted by atomic mass is 10.6. The molecule has 44 valence electrons. The van der Waals surface area contributed by atoms with Crippen LogP contribution in [0.25, 0.3) is 0 Å². The third-order valence-corrected chi connectivity index (χ3v) is 0.867. The molecule has 0 aromatic heterocycles. The van der Waals surface area contributed by atoms with Gasteiger partial charge < -0.3 is 10.1 Å². The van der Waals surface area contributed by atoms with Crippen LogP contribution in [0.2, 0.25) is 0 Å². The van der Waals surface area contributed by atoms with E-state index >= 15 is 0 Å². The molecule has 1 rings (SSSR count). The van der Waals surface area contributed by atoms with Gasteiger partial charge in [0.2, 0.25) is 0 Å². The van der Waals surface area contributed by atoms with Crippen LogP contribution in [0.5, 0.6) is 0 Å². The van der Waals surface area contributed by atoms with Gasteiger partial charge in [-0.2, -0.15) is 0 Å². The minimum atomic E-state index is -0.472. The zero-order chi connectivity index (χ0) is 5.98. The smallest absolute Gasteiger partial charge is 0.348 e. The first-order valence-corrected chi connectivity index (χ1v) is 2.19. The standard InChI is InChI=1S/C3H5N3O2/c7-6(8)3-1-4-2-5-3/h4H,1-2H2. The van der Waals surface area contributed by atoms with Gasteiger partial charge in [-0.1, -0.05) is 4.99 Å². The maximum absolute atomic E-state index is 9.84. The van der Waals surface area contributed by atoms with Gasteiger partial charge in [0.1, 0.15) is 6.54 Å². The summed E-state index contributed by atoms with van der Waals surface area (Å²) in [5.74, 6) is 0.0324. The van der Waals surface area contributed by atoms with Crippen molar-refractivity contribution in [2.45, 2.75) is 0 Å². The molecule has 1 aliphatic rings. The van der Waals surface area contributed by atoms with E-state index < -0.39 is 4.92 Å². The largest absolute Gasteiger partial charge is 0.358 e. The number of rotatable bonds is 0. The fourth-order valence-electron chi connectivity index (χ4n) is 0.493. The van der Waals surface area contributed by atoms with Crippen molar-refractivity contribution in [2.75, 3.05) is 13.2 Å². The number of aliphatic imine (C=N–C) groups is 1. The normalized spacial score (nSPS) is 18.2. The minimum absolute atomic E-state index is 0.0324. The molecule has 0 spiro atoms. The highest BCUT2D eigenvalue weighted by Gasteiger charge is 2.15. The first kappa shape index (κ1) is 5.17. The Labute approximate surface area is 45.6 Å². The zero-order valence-corrected chi connectivity index (χ0v) is 4.13. The Morgan fingerprint density at radius 3 is 2.88 bits per heavy atom. The van der Waals surface area contributed by atoms with E-state index in [1.54, 1.807) is 0 Å². The van der Waals surface area contributed by atoms with Crippen molar-refractivity contribution in [1.29, 1.82) is 0 Å². The van der Waals surface area contributed by atoms with Crippen molar-refractivity contribution in [3.05, 3.63) is 10.1 Å². The van der Waals surface area contributed by atoms with Crippen LogP contribution in [-0.4, -0.2) is 24.0 Å². The highest BCUT2D eigenvalue weighted by molar-refractivity contribution is 5.77. The van der Waals surface area contributed by atoms with E-state index in [0.717, 1.165) is 0 Å². The third-order valence-electron chi connectivity index (χ3n) is 0.867. The van der Waals surface area contributed by atoms with Crippen LogP contribution in [0.3, 0.4) is 0 Å². The number of hydrogen-bond donors (Lipinski definition) is 1. The number of nitro groups is 1. The number of hydrogen-bond acceptors (Lipinski definition) is 4. The first-order chi connectivity index (χ1) is 3.80. The highest BCUT2D eigenvalue weighted by atomic mass is 16.6. The Bertz CT molecular complexity index is 141. The third kappa shape index (κ3) is 0.812. The summed E-state index contributed by atoms with van der Waals surface area (Å²) in [7, 11) is 0. The van der Waals surface area contributed by atoms with E-state index in [9.17, 15) is 10.1 Å². The second-order valence-electron chi connectivity index (χ2n) is 1.42. The monoisotopic (exact) mass is 115 g/mol. The average molecular weight is 115 g/mol. The number of amidine groups is 1. The Kier molecular flexibility index (Phi) is 1.21. The van der Waals surface area contributed by atoms with Crippen LogP contribution in [0, 0.1) is 10.1 Å². The van der Waals surface area contributed by atoms with Crippen LogP contribution in [0.4, 0.5) is 0 Å². The van der Waals surface area contributed by atoms with E-state index in [0.29, 0.717) is 13.2 Å². The fraction of sp³-hybridized carbons (Fsp3) is 0.667. The van der Waals surface area contributed by atoms with Crippen molar-refractivity contribution < 1.29 is 4.92 Å². The van der Waals surface area contributed by atoms with Crippen molar-refractivity contribution in [3.8, 4) is 0 Å². The Hall–Kier alpha value is -0.970. The van der Waals surface area contributed by atoms with Gasteiger partial charge in [-0.15, -0.1) is 0 Å². The molecular formula is C3H5N3O2. The van der Waals surface area contributed by atoms with Crippen LogP contribution < -0.4 is 5.32 Å². The van der Waals surface area contributed by atoms with E-state index in [1.165, 1.54) is 0 Å². The Balaban J connectivity index is 2.57. The molecule has 0 saturated heterocycles. The van der Waals surface area contributed by atoms with Crippen molar-refractivity contribution in [2.24, 2.45) is 4.99 Å². The molecule has 0 atom stereocenters. The molecule has 1 N–H and O–H groups in total. The highest BCUT2D eigenvalue weighted by Crippen LogP contribution is 1.84. The average Bonchev–Trinajstić information content (AvgIpc) is 2.12. The lowest BCUT2D eigenvalue weighted by molar-refractivity contribution is -0.351. The van der Waals surface area contributed by atoms with Gasteiger partial charge in [0, 0.05) is 0 Å². The molecule has 0 amide bonds. The number of nitrogens with one attached hydrogen (secondary N) is 1. The summed E-state index contributed by atoms with van der Waals surface area (Å²) in [5, 5.41) is 12.5. The van der Waals surface area contributed by atoms with Gasteiger partial charge in [0.25, 0.3) is 0 Å². The van der Waals surface area contributed by atoms with Gasteiger partial charge in [0.05, 0.1) is 0 Å². The van der Waals surface area contributed by atoms with E-state index in [-0.39, 0.29) is 5.84 Å². The van der Waals surface area contributed by atoms with E-state index in [4.69, 9.17) is 0 Å². The summed E-state index contributed by atoms with van der Waals surface area (Å²) in [4.78, 5) is 12.9. The molecule has 1 aliphatic heterocycles. The molecule has 0 aromatic carbocycles. The van der Waals surface area contributed by atoms with Crippen LogP contribution in [-0.2, 0) is 0 Å². The molecule has 8 heavy (non-hydrogen) atoms. The molecule has 1 heterocycles. The van der Waals surface area contributed by atoms with Crippen LogP contribution in [0.1, 0.15) is 0 Å². The van der Waals surface area contributed by atoms with E-state index in [1.807, 2.05) is 0 Å². The van der Waals surface area contributed by atoms with Gasteiger partial charge >= 0.3 is 5.84 Å². The summed E-state index contributed by atoms with van der Waals surface area (Å²) >= 11 is 0. The Morgan fingerprint density at radius 2 is 2.62 bits per heavy atom. The maximum atomic E-state index is 9.84. The topological polar surface area (TPSA) is 67.5 Å². The Morgan fingerprint density at radius 1 is 1.88 bits per heavy atom. The van der Waals surface area contributed by atoms with Crippen LogP contribution >= 0.6 is 0 Å². The molecule has 0 saturated carbocycles. The lowest BCUT2D eigenvalue weighted by Crippen LogP contribution is -2.19. The fourth-order valence-corrected chi connectivity index (χ4v) is 0.493. The second kappa shape index (κ2) is 1.87. The zero-order valence-electron chi connectivity index (χ0n) is 4.13. The molecule has 0 unspecified atom stereocenters. The minimum Gasteiger partial charge on any atom is -0.358 e. The molecular weight excluding hydrogens is 110 g/mol. The predicted molar refractivity (Wildman–Crippen MR) is 27.3 cm³/mol. The second-order valence-corrected chi connectivity index (χ2v) is 1.42.